The maximum Gasteiger partial charge on any atom is 0.337 e. The van der Waals surface area contributed by atoms with Crippen molar-refractivity contribution in [1.82, 2.24) is 10.3 Å². The van der Waals surface area contributed by atoms with Gasteiger partial charge >= 0.3 is 11.9 Å². The van der Waals surface area contributed by atoms with Gasteiger partial charge in [0.1, 0.15) is 23.5 Å². The van der Waals surface area contributed by atoms with Crippen molar-refractivity contribution in [3.63, 3.8) is 0 Å². The molecule has 0 aromatic carbocycles. The molecule has 0 amide bonds. The fraction of sp³-hybridized carbons (Fsp3) is 0.261. The number of esters is 2. The van der Waals surface area contributed by atoms with Crippen molar-refractivity contribution in [3.8, 4) is 12.1 Å². The van der Waals surface area contributed by atoms with Crippen molar-refractivity contribution >= 4 is 34.8 Å². The highest BCUT2D eigenvalue weighted by atomic mass is 32.1. The predicted molar refractivity (Wildman–Crippen MR) is 121 cm³/mol. The molecule has 2 aromatic heterocycles. The summed E-state index contributed by atoms with van der Waals surface area (Å²) in [5, 5.41) is 24.4. The lowest BCUT2D eigenvalue weighted by Gasteiger charge is -2.31. The first-order chi connectivity index (χ1) is 15.9. The molecule has 0 aliphatic carbocycles. The number of nitriles is 2. The molecule has 3 rings (SSSR count). The Morgan fingerprint density at radius 2 is 1.85 bits per heavy atom. The Morgan fingerprint density at radius 3 is 2.39 bits per heavy atom. The summed E-state index contributed by atoms with van der Waals surface area (Å²) in [5.41, 5.74) is 6.93. The molecule has 168 valence electrons. The van der Waals surface area contributed by atoms with E-state index in [0.717, 1.165) is 0 Å². The lowest BCUT2D eigenvalue weighted by atomic mass is 9.81. The van der Waals surface area contributed by atoms with Crippen LogP contribution in [0.3, 0.4) is 0 Å². The molecular formula is C23H21N5O4S. The van der Waals surface area contributed by atoms with E-state index in [1.807, 2.05) is 17.5 Å². The Balaban J connectivity index is 2.43. The molecule has 1 unspecified atom stereocenters. The van der Waals surface area contributed by atoms with Gasteiger partial charge in [0.2, 0.25) is 0 Å². The summed E-state index contributed by atoms with van der Waals surface area (Å²) in [6.07, 6.45) is 1.24. The topological polar surface area (TPSA) is 151 Å². The number of nitrogen functional groups attached to an aromatic ring is 1. The molecule has 0 bridgehead atoms. The summed E-state index contributed by atoms with van der Waals surface area (Å²) in [4.78, 5) is 30.9. The number of ether oxygens (including phenoxy) is 2. The van der Waals surface area contributed by atoms with Crippen molar-refractivity contribution in [2.24, 2.45) is 0 Å². The molecule has 1 atom stereocenters. The number of hydrogen-bond donors (Lipinski definition) is 2. The molecule has 1 aliphatic rings. The van der Waals surface area contributed by atoms with Crippen molar-refractivity contribution in [1.29, 1.82) is 10.5 Å². The van der Waals surface area contributed by atoms with E-state index in [0.29, 0.717) is 10.6 Å². The molecule has 0 spiro atoms. The molecule has 0 radical (unpaired) electrons. The number of carbonyl (C=O) groups excluding carboxylic acids is 2. The fourth-order valence-electron chi connectivity index (χ4n) is 3.66. The first-order valence-electron chi connectivity index (χ1n) is 10.1. The Labute approximate surface area is 194 Å². The van der Waals surface area contributed by atoms with Gasteiger partial charge in [0, 0.05) is 22.3 Å². The zero-order chi connectivity index (χ0) is 24.1. The van der Waals surface area contributed by atoms with E-state index in [1.54, 1.807) is 32.9 Å². The number of nitrogens with zero attached hydrogens (tertiary/aromatic N) is 3. The van der Waals surface area contributed by atoms with E-state index in [1.165, 1.54) is 17.5 Å². The minimum absolute atomic E-state index is 0.0439. The molecular weight excluding hydrogens is 442 g/mol. The lowest BCUT2D eigenvalue weighted by Crippen LogP contribution is -2.33. The minimum atomic E-state index is -0.841. The van der Waals surface area contributed by atoms with Crippen LogP contribution >= 0.6 is 11.3 Å². The monoisotopic (exact) mass is 463 g/mol. The van der Waals surface area contributed by atoms with Crippen LogP contribution in [0.4, 0.5) is 5.82 Å². The number of nitrogens with one attached hydrogen (secondary N) is 1. The van der Waals surface area contributed by atoms with Gasteiger partial charge in [-0.2, -0.15) is 10.5 Å². The van der Waals surface area contributed by atoms with Crippen LogP contribution in [0.5, 0.6) is 0 Å². The third kappa shape index (κ3) is 4.29. The van der Waals surface area contributed by atoms with Crippen LogP contribution in [0, 0.1) is 22.7 Å². The predicted octanol–water partition coefficient (Wildman–Crippen LogP) is 2.97. The van der Waals surface area contributed by atoms with Gasteiger partial charge in [0.25, 0.3) is 0 Å². The Hall–Kier alpha value is -4.15. The highest BCUT2D eigenvalue weighted by molar-refractivity contribution is 7.10. The van der Waals surface area contributed by atoms with E-state index >= 15 is 0 Å². The summed E-state index contributed by atoms with van der Waals surface area (Å²) >= 11 is 1.35. The van der Waals surface area contributed by atoms with E-state index < -0.39 is 17.9 Å². The number of rotatable bonds is 6. The van der Waals surface area contributed by atoms with E-state index in [2.05, 4.69) is 10.3 Å². The summed E-state index contributed by atoms with van der Waals surface area (Å²) in [5.74, 6) is -2.21. The fourth-order valence-corrected chi connectivity index (χ4v) is 4.50. The Kier molecular flexibility index (Phi) is 7.11. The van der Waals surface area contributed by atoms with Gasteiger partial charge in [-0.05, 0) is 32.2 Å². The molecule has 2 aromatic rings. The molecule has 0 fully saturated rings. The van der Waals surface area contributed by atoms with Gasteiger partial charge in [-0.15, -0.1) is 11.3 Å². The Morgan fingerprint density at radius 1 is 1.18 bits per heavy atom. The normalized spacial score (nSPS) is 15.4. The van der Waals surface area contributed by atoms with Crippen molar-refractivity contribution in [3.05, 3.63) is 62.1 Å². The summed E-state index contributed by atoms with van der Waals surface area (Å²) in [6.45, 7) is 5.25. The summed E-state index contributed by atoms with van der Waals surface area (Å²) in [6, 6.07) is 7.57. The molecule has 10 heteroatoms. The highest BCUT2D eigenvalue weighted by Crippen LogP contribution is 2.44. The second-order valence-electron chi connectivity index (χ2n) is 6.87. The highest BCUT2D eigenvalue weighted by Gasteiger charge is 2.41. The second-order valence-corrected chi connectivity index (χ2v) is 7.85. The number of allylic oxidation sites excluding steroid dienone is 1. The van der Waals surface area contributed by atoms with E-state index in [4.69, 9.17) is 15.2 Å². The summed E-state index contributed by atoms with van der Waals surface area (Å²) in [7, 11) is 0. The molecule has 3 N–H and O–H groups in total. The Bertz CT molecular complexity index is 1250. The third-order valence-electron chi connectivity index (χ3n) is 4.97. The summed E-state index contributed by atoms with van der Waals surface area (Å²) < 4.78 is 10.6. The number of hydrogen-bond acceptors (Lipinski definition) is 10. The zero-order valence-corrected chi connectivity index (χ0v) is 19.1. The maximum absolute atomic E-state index is 13.3. The largest absolute Gasteiger partial charge is 0.463 e. The molecule has 0 saturated carbocycles. The van der Waals surface area contributed by atoms with Gasteiger partial charge in [0.15, 0.2) is 0 Å². The number of anilines is 1. The number of pyridine rings is 1. The van der Waals surface area contributed by atoms with Crippen molar-refractivity contribution < 1.29 is 19.1 Å². The zero-order valence-electron chi connectivity index (χ0n) is 18.3. The number of dihydropyridines is 1. The maximum atomic E-state index is 13.3. The second kappa shape index (κ2) is 9.98. The van der Waals surface area contributed by atoms with Crippen LogP contribution < -0.4 is 11.1 Å². The number of aromatic nitrogens is 1. The lowest BCUT2D eigenvalue weighted by molar-refractivity contribution is -0.139. The standard InChI is InChI=1S/C23H21N5O4S/c1-4-31-22(29)16-12(3)28-20(17-13(9-24)11-27-21(26)14(17)10-25)19(23(30)32-5-2)18(16)15-7-6-8-33-15/h6-8,11,18,28H,4-5H2,1-3H3,(H2,26,27). The molecule has 0 saturated heterocycles. The van der Waals surface area contributed by atoms with Crippen LogP contribution in [0.25, 0.3) is 5.70 Å². The smallest absolute Gasteiger partial charge is 0.337 e. The van der Waals surface area contributed by atoms with Gasteiger partial charge in [-0.25, -0.2) is 14.6 Å². The van der Waals surface area contributed by atoms with Crippen LogP contribution in [0.2, 0.25) is 0 Å². The average Bonchev–Trinajstić information content (AvgIpc) is 3.33. The molecule has 33 heavy (non-hydrogen) atoms. The number of thiophene rings is 1. The van der Waals surface area contributed by atoms with E-state index in [-0.39, 0.29) is 52.6 Å². The third-order valence-corrected chi connectivity index (χ3v) is 5.91. The van der Waals surface area contributed by atoms with Crippen LogP contribution in [-0.4, -0.2) is 30.1 Å². The minimum Gasteiger partial charge on any atom is -0.463 e. The SMILES string of the molecule is CCOC(=O)C1=C(C)NC(c2c(C#N)cnc(N)c2C#N)=C(C(=O)OCC)C1c1cccs1. The van der Waals surface area contributed by atoms with Gasteiger partial charge in [-0.3, -0.25) is 0 Å². The molecule has 1 aliphatic heterocycles. The van der Waals surface area contributed by atoms with Crippen LogP contribution in [0.1, 0.15) is 48.3 Å². The van der Waals surface area contributed by atoms with Gasteiger partial charge in [-0.1, -0.05) is 6.07 Å². The van der Waals surface area contributed by atoms with Crippen LogP contribution in [-0.2, 0) is 19.1 Å². The van der Waals surface area contributed by atoms with Crippen LogP contribution in [0.15, 0.2) is 40.6 Å². The van der Waals surface area contributed by atoms with Gasteiger partial charge in [0.05, 0.1) is 41.5 Å². The first-order valence-corrected chi connectivity index (χ1v) is 11.0. The van der Waals surface area contributed by atoms with E-state index in [9.17, 15) is 20.1 Å². The first kappa shape index (κ1) is 23.5. The average molecular weight is 464 g/mol. The van der Waals surface area contributed by atoms with Crippen molar-refractivity contribution in [2.75, 3.05) is 18.9 Å². The molecule has 9 nitrogen and oxygen atoms in total. The number of carbonyl (C=O) groups is 2. The number of nitrogens with two attached hydrogens (primary N) is 1. The quantitative estimate of drug-likeness (QED) is 0.616. The molecule has 3 heterocycles. The van der Waals surface area contributed by atoms with Crippen molar-refractivity contribution in [2.45, 2.75) is 26.7 Å². The van der Waals surface area contributed by atoms with Gasteiger partial charge < -0.3 is 20.5 Å².